The minimum absolute atomic E-state index is 0.254. The predicted octanol–water partition coefficient (Wildman–Crippen LogP) is 4.96. The second kappa shape index (κ2) is 8.34. The molecule has 0 bridgehead atoms. The molecule has 1 N–H and O–H groups in total. The third kappa shape index (κ3) is 3.83. The maximum atomic E-state index is 13.6. The molecule has 0 radical (unpaired) electrons. The molecule has 0 aliphatic carbocycles. The normalized spacial score (nSPS) is 15.2. The zero-order valence-electron chi connectivity index (χ0n) is 17.5. The van der Waals surface area contributed by atoms with Gasteiger partial charge < -0.3 is 14.5 Å². The van der Waals surface area contributed by atoms with Crippen molar-refractivity contribution in [2.45, 2.75) is 38.8 Å². The lowest BCUT2D eigenvalue weighted by Gasteiger charge is -2.18. The molecule has 31 heavy (non-hydrogen) atoms. The van der Waals surface area contributed by atoms with Crippen molar-refractivity contribution in [1.29, 1.82) is 0 Å². The van der Waals surface area contributed by atoms with Gasteiger partial charge in [-0.05, 0) is 55.3 Å². The van der Waals surface area contributed by atoms with Crippen molar-refractivity contribution >= 4 is 5.95 Å². The summed E-state index contributed by atoms with van der Waals surface area (Å²) in [4.78, 5) is 14.2. The number of hydrogen-bond acceptors (Lipinski definition) is 4. The van der Waals surface area contributed by atoms with Gasteiger partial charge in [0.15, 0.2) is 0 Å². The Morgan fingerprint density at radius 1 is 1.10 bits per heavy atom. The summed E-state index contributed by atoms with van der Waals surface area (Å²) >= 11 is 0. The fraction of sp³-hybridized carbons (Fsp3) is 0.292. The molecule has 0 fully saturated rings. The Morgan fingerprint density at radius 2 is 1.90 bits per heavy atom. The summed E-state index contributed by atoms with van der Waals surface area (Å²) in [6.45, 7) is 3.80. The predicted molar refractivity (Wildman–Crippen MR) is 119 cm³/mol. The molecule has 0 amide bonds. The molecule has 1 unspecified atom stereocenters. The molecule has 1 aliphatic heterocycles. The van der Waals surface area contributed by atoms with Crippen molar-refractivity contribution < 1.29 is 4.39 Å². The number of hydrogen-bond donors (Lipinski definition) is 1. The van der Waals surface area contributed by atoms with Crippen LogP contribution in [-0.4, -0.2) is 30.6 Å². The van der Waals surface area contributed by atoms with E-state index in [0.717, 1.165) is 60.8 Å². The van der Waals surface area contributed by atoms with Gasteiger partial charge in [-0.15, -0.1) is 0 Å². The number of halogens is 1. The van der Waals surface area contributed by atoms with Crippen molar-refractivity contribution in [2.24, 2.45) is 0 Å². The summed E-state index contributed by atoms with van der Waals surface area (Å²) in [5.74, 6) is 1.41. The first-order valence-electron chi connectivity index (χ1n) is 10.8. The largest absolute Gasteiger partial charge is 0.354 e. The summed E-state index contributed by atoms with van der Waals surface area (Å²) in [6.07, 6.45) is 8.90. The van der Waals surface area contributed by atoms with Gasteiger partial charge in [0, 0.05) is 43.7 Å². The third-order valence-corrected chi connectivity index (χ3v) is 5.69. The van der Waals surface area contributed by atoms with Gasteiger partial charge in [-0.1, -0.05) is 6.92 Å². The van der Waals surface area contributed by atoms with Gasteiger partial charge in [-0.2, -0.15) is 0 Å². The van der Waals surface area contributed by atoms with Gasteiger partial charge in [0.25, 0.3) is 0 Å². The Labute approximate surface area is 180 Å². The van der Waals surface area contributed by atoms with Gasteiger partial charge in [0.2, 0.25) is 5.95 Å². The van der Waals surface area contributed by atoms with Gasteiger partial charge in [0.05, 0.1) is 23.1 Å². The first-order valence-corrected chi connectivity index (χ1v) is 10.8. The van der Waals surface area contributed by atoms with Crippen molar-refractivity contribution in [2.75, 3.05) is 11.9 Å². The van der Waals surface area contributed by atoms with Crippen LogP contribution in [0.15, 0.2) is 61.1 Å². The standard InChI is InChI=1S/C24H25FN6/c1-2-12-26-24-27-13-11-20(28-24)23-22(17-5-7-18(25)8-6-17)29-21-10-9-19(31(21)23)16-30-14-3-4-15-30/h3-8,11,13-15,19H,2,9-10,12,16H2,1H3,(H,26,27,28). The van der Waals surface area contributed by atoms with Crippen LogP contribution in [-0.2, 0) is 13.0 Å². The van der Waals surface area contributed by atoms with E-state index in [-0.39, 0.29) is 11.9 Å². The first-order chi connectivity index (χ1) is 15.2. The van der Waals surface area contributed by atoms with E-state index >= 15 is 0 Å². The highest BCUT2D eigenvalue weighted by molar-refractivity contribution is 5.78. The molecular weight excluding hydrogens is 391 g/mol. The molecule has 0 spiro atoms. The highest BCUT2D eigenvalue weighted by atomic mass is 19.1. The second-order valence-electron chi connectivity index (χ2n) is 7.87. The number of imidazole rings is 1. The number of aromatic nitrogens is 5. The Bertz CT molecular complexity index is 1160. The Balaban J connectivity index is 1.63. The van der Waals surface area contributed by atoms with Gasteiger partial charge in [0.1, 0.15) is 11.6 Å². The number of benzene rings is 1. The van der Waals surface area contributed by atoms with Crippen LogP contribution >= 0.6 is 0 Å². The van der Waals surface area contributed by atoms with Crippen molar-refractivity contribution in [3.05, 3.63) is 72.7 Å². The van der Waals surface area contributed by atoms with Gasteiger partial charge >= 0.3 is 0 Å². The molecule has 0 saturated heterocycles. The zero-order chi connectivity index (χ0) is 21.2. The summed E-state index contributed by atoms with van der Waals surface area (Å²) in [5, 5.41) is 3.27. The van der Waals surface area contributed by atoms with Crippen LogP contribution in [0.1, 0.15) is 31.6 Å². The number of aryl methyl sites for hydroxylation is 1. The fourth-order valence-electron chi connectivity index (χ4n) is 4.25. The lowest BCUT2D eigenvalue weighted by atomic mass is 10.1. The molecule has 1 aromatic carbocycles. The molecule has 158 valence electrons. The molecule has 4 heterocycles. The maximum Gasteiger partial charge on any atom is 0.223 e. The van der Waals surface area contributed by atoms with E-state index < -0.39 is 0 Å². The number of anilines is 1. The summed E-state index contributed by atoms with van der Waals surface area (Å²) in [7, 11) is 0. The molecule has 7 heteroatoms. The number of nitrogens with zero attached hydrogens (tertiary/aromatic N) is 5. The zero-order valence-corrected chi connectivity index (χ0v) is 17.5. The molecule has 6 nitrogen and oxygen atoms in total. The lowest BCUT2D eigenvalue weighted by molar-refractivity contribution is 0.452. The van der Waals surface area contributed by atoms with Crippen molar-refractivity contribution in [3.8, 4) is 22.6 Å². The Hall–Kier alpha value is -3.48. The fourth-order valence-corrected chi connectivity index (χ4v) is 4.25. The summed E-state index contributed by atoms with van der Waals surface area (Å²) in [6, 6.07) is 12.8. The van der Waals surface area contributed by atoms with E-state index in [1.54, 1.807) is 18.3 Å². The SMILES string of the molecule is CCCNc1nccc(-c2c(-c3ccc(F)cc3)nc3n2C(Cn2cccc2)CC3)n1. The topological polar surface area (TPSA) is 60.6 Å². The van der Waals surface area contributed by atoms with E-state index in [9.17, 15) is 4.39 Å². The lowest BCUT2D eigenvalue weighted by Crippen LogP contribution is -2.13. The Kier molecular flexibility index (Phi) is 5.24. The Morgan fingerprint density at radius 3 is 2.68 bits per heavy atom. The molecule has 5 rings (SSSR count). The van der Waals surface area contributed by atoms with Crippen LogP contribution in [0.25, 0.3) is 22.6 Å². The molecule has 3 aromatic heterocycles. The van der Waals surface area contributed by atoms with E-state index in [1.807, 2.05) is 18.2 Å². The minimum Gasteiger partial charge on any atom is -0.354 e. The van der Waals surface area contributed by atoms with E-state index in [1.165, 1.54) is 12.1 Å². The quantitative estimate of drug-likeness (QED) is 0.463. The molecular formula is C24H25FN6. The van der Waals surface area contributed by atoms with Crippen molar-refractivity contribution in [3.63, 3.8) is 0 Å². The van der Waals surface area contributed by atoms with Crippen LogP contribution in [0, 0.1) is 5.82 Å². The summed E-state index contributed by atoms with van der Waals surface area (Å²) in [5.41, 5.74) is 3.52. The van der Waals surface area contributed by atoms with Crippen LogP contribution in [0.5, 0.6) is 0 Å². The van der Waals surface area contributed by atoms with E-state index in [4.69, 9.17) is 9.97 Å². The van der Waals surface area contributed by atoms with E-state index in [2.05, 4.69) is 38.8 Å². The highest BCUT2D eigenvalue weighted by Crippen LogP contribution is 2.39. The van der Waals surface area contributed by atoms with E-state index in [0.29, 0.717) is 5.95 Å². The number of nitrogens with one attached hydrogen (secondary N) is 1. The highest BCUT2D eigenvalue weighted by Gasteiger charge is 2.31. The summed E-state index contributed by atoms with van der Waals surface area (Å²) < 4.78 is 18.1. The van der Waals surface area contributed by atoms with Crippen LogP contribution in [0.3, 0.4) is 0 Å². The smallest absolute Gasteiger partial charge is 0.223 e. The minimum atomic E-state index is -0.254. The average molecular weight is 417 g/mol. The molecule has 1 atom stereocenters. The number of fused-ring (bicyclic) bond motifs is 1. The molecule has 0 saturated carbocycles. The molecule has 4 aromatic rings. The second-order valence-corrected chi connectivity index (χ2v) is 7.87. The van der Waals surface area contributed by atoms with Crippen molar-refractivity contribution in [1.82, 2.24) is 24.1 Å². The van der Waals surface area contributed by atoms with Gasteiger partial charge in [-0.25, -0.2) is 19.3 Å². The van der Waals surface area contributed by atoms with Crippen LogP contribution < -0.4 is 5.32 Å². The number of rotatable bonds is 7. The maximum absolute atomic E-state index is 13.6. The van der Waals surface area contributed by atoms with Gasteiger partial charge in [-0.3, -0.25) is 0 Å². The third-order valence-electron chi connectivity index (χ3n) is 5.69. The van der Waals surface area contributed by atoms with Crippen LogP contribution in [0.2, 0.25) is 0 Å². The first kappa shape index (κ1) is 19.5. The van der Waals surface area contributed by atoms with Crippen LogP contribution in [0.4, 0.5) is 10.3 Å². The molecule has 1 aliphatic rings. The monoisotopic (exact) mass is 416 g/mol. The average Bonchev–Trinajstić information content (AvgIpc) is 3.51.